The van der Waals surface area contributed by atoms with Crippen molar-refractivity contribution in [2.24, 2.45) is 0 Å². The predicted octanol–water partition coefficient (Wildman–Crippen LogP) is 0.429. The first-order valence-corrected chi connectivity index (χ1v) is 7.24. The summed E-state index contributed by atoms with van der Waals surface area (Å²) in [7, 11) is -3.23. The van der Waals surface area contributed by atoms with Crippen LogP contribution in [0.5, 0.6) is 0 Å². The molecule has 0 fully saturated rings. The number of halogens is 1. The molecule has 1 aromatic rings. The van der Waals surface area contributed by atoms with Crippen LogP contribution in [0, 0.1) is 12.7 Å². The van der Waals surface area contributed by atoms with Crippen molar-refractivity contribution >= 4 is 22.0 Å². The summed E-state index contributed by atoms with van der Waals surface area (Å²) < 4.78 is 43.5. The standard InChI is InChI=1S/C12H14FNO6S/c1-7-3-4-8(5-9(7)13)21(18,19)14-10(12(16)17)6-11(15)20-2/h3-5,10,14H,6H2,1-2H3,(H,16,17)/t10-/m0/s1. The molecule has 0 saturated heterocycles. The van der Waals surface area contributed by atoms with Crippen LogP contribution >= 0.6 is 0 Å². The highest BCUT2D eigenvalue weighted by Crippen LogP contribution is 2.15. The van der Waals surface area contributed by atoms with E-state index in [4.69, 9.17) is 5.11 Å². The van der Waals surface area contributed by atoms with Gasteiger partial charge in [0, 0.05) is 0 Å². The molecule has 116 valence electrons. The maximum atomic E-state index is 13.4. The molecule has 1 aromatic carbocycles. The molecule has 1 atom stereocenters. The number of benzene rings is 1. The molecule has 0 heterocycles. The van der Waals surface area contributed by atoms with E-state index in [1.54, 1.807) is 0 Å². The van der Waals surface area contributed by atoms with Crippen molar-refractivity contribution in [2.75, 3.05) is 7.11 Å². The Morgan fingerprint density at radius 1 is 1.43 bits per heavy atom. The van der Waals surface area contributed by atoms with Gasteiger partial charge in [0.1, 0.15) is 11.9 Å². The number of hydrogen-bond acceptors (Lipinski definition) is 5. The van der Waals surface area contributed by atoms with Crippen LogP contribution in [-0.4, -0.2) is 38.6 Å². The minimum Gasteiger partial charge on any atom is -0.480 e. The molecule has 0 spiro atoms. The number of rotatable bonds is 6. The maximum Gasteiger partial charge on any atom is 0.322 e. The monoisotopic (exact) mass is 319 g/mol. The lowest BCUT2D eigenvalue weighted by Crippen LogP contribution is -2.42. The first-order valence-electron chi connectivity index (χ1n) is 5.75. The van der Waals surface area contributed by atoms with Crippen molar-refractivity contribution in [3.8, 4) is 0 Å². The maximum absolute atomic E-state index is 13.4. The van der Waals surface area contributed by atoms with E-state index in [2.05, 4.69) is 4.74 Å². The van der Waals surface area contributed by atoms with Gasteiger partial charge in [-0.05, 0) is 24.6 Å². The zero-order valence-electron chi connectivity index (χ0n) is 11.3. The van der Waals surface area contributed by atoms with Crippen molar-refractivity contribution in [3.63, 3.8) is 0 Å². The van der Waals surface area contributed by atoms with Crippen molar-refractivity contribution in [1.29, 1.82) is 0 Å². The van der Waals surface area contributed by atoms with Gasteiger partial charge >= 0.3 is 11.9 Å². The average Bonchev–Trinajstić information content (AvgIpc) is 2.40. The molecule has 0 aliphatic rings. The number of esters is 1. The Hall–Kier alpha value is -2.00. The van der Waals surface area contributed by atoms with Crippen molar-refractivity contribution in [1.82, 2.24) is 4.72 Å². The molecule has 0 bridgehead atoms. The SMILES string of the molecule is COC(=O)C[C@H](NS(=O)(=O)c1ccc(C)c(F)c1)C(=O)O. The van der Waals surface area contributed by atoms with Gasteiger partial charge in [-0.25, -0.2) is 12.8 Å². The van der Waals surface area contributed by atoms with Crippen LogP contribution in [0.4, 0.5) is 4.39 Å². The van der Waals surface area contributed by atoms with Gasteiger partial charge in [0.05, 0.1) is 18.4 Å². The van der Waals surface area contributed by atoms with Gasteiger partial charge in [-0.3, -0.25) is 9.59 Å². The molecule has 2 N–H and O–H groups in total. The Kier molecular flexibility index (Phi) is 5.39. The van der Waals surface area contributed by atoms with Crippen molar-refractivity contribution < 1.29 is 32.2 Å². The van der Waals surface area contributed by atoms with Crippen molar-refractivity contribution in [3.05, 3.63) is 29.6 Å². The van der Waals surface area contributed by atoms with Gasteiger partial charge in [0.25, 0.3) is 0 Å². The molecule has 9 heteroatoms. The molecule has 0 aliphatic heterocycles. The normalized spacial score (nSPS) is 12.7. The van der Waals surface area contributed by atoms with Gasteiger partial charge in [-0.15, -0.1) is 0 Å². The van der Waals surface area contributed by atoms with Crippen LogP contribution in [0.3, 0.4) is 0 Å². The van der Waals surface area contributed by atoms with E-state index in [0.717, 1.165) is 19.2 Å². The van der Waals surface area contributed by atoms with E-state index in [-0.39, 0.29) is 5.56 Å². The highest BCUT2D eigenvalue weighted by Gasteiger charge is 2.28. The predicted molar refractivity (Wildman–Crippen MR) is 69.5 cm³/mol. The smallest absolute Gasteiger partial charge is 0.322 e. The number of hydrogen-bond donors (Lipinski definition) is 2. The van der Waals surface area contributed by atoms with E-state index in [1.807, 2.05) is 4.72 Å². The second kappa shape index (κ2) is 6.64. The quantitative estimate of drug-likeness (QED) is 0.736. The Morgan fingerprint density at radius 3 is 2.52 bits per heavy atom. The van der Waals surface area contributed by atoms with Crippen molar-refractivity contribution in [2.45, 2.75) is 24.3 Å². The topological polar surface area (TPSA) is 110 Å². The number of methoxy groups -OCH3 is 1. The molecule has 0 radical (unpaired) electrons. The summed E-state index contributed by atoms with van der Waals surface area (Å²) in [6.07, 6.45) is -0.681. The molecular weight excluding hydrogens is 305 g/mol. The number of carboxylic acid groups (broad SMARTS) is 1. The summed E-state index contributed by atoms with van der Waals surface area (Å²) in [6, 6.07) is 1.46. The summed E-state index contributed by atoms with van der Waals surface area (Å²) in [5, 5.41) is 8.92. The second-order valence-corrected chi connectivity index (χ2v) is 5.92. The number of aliphatic carboxylic acids is 1. The minimum absolute atomic E-state index is 0.248. The second-order valence-electron chi connectivity index (χ2n) is 4.20. The summed E-state index contributed by atoms with van der Waals surface area (Å²) in [6.45, 7) is 1.45. The average molecular weight is 319 g/mol. The lowest BCUT2D eigenvalue weighted by molar-refractivity contribution is -0.147. The van der Waals surface area contributed by atoms with Crippen LogP contribution in [0.15, 0.2) is 23.1 Å². The molecule has 0 amide bonds. The third-order valence-electron chi connectivity index (χ3n) is 2.65. The van der Waals surface area contributed by atoms with Crippen LogP contribution in [0.2, 0.25) is 0 Å². The summed E-state index contributed by atoms with van der Waals surface area (Å²) in [5.74, 6) is -3.17. The molecule has 1 rings (SSSR count). The van der Waals surface area contributed by atoms with E-state index in [9.17, 15) is 22.4 Å². The Bertz CT molecular complexity index is 658. The number of nitrogens with one attached hydrogen (secondary N) is 1. The van der Waals surface area contributed by atoms with Crippen LogP contribution in [0.25, 0.3) is 0 Å². The number of aryl methyl sites for hydroxylation is 1. The Labute approximate surface area is 120 Å². The van der Waals surface area contributed by atoms with Gasteiger partial charge in [-0.1, -0.05) is 6.07 Å². The zero-order valence-corrected chi connectivity index (χ0v) is 12.1. The van der Waals surface area contributed by atoms with E-state index >= 15 is 0 Å². The fraction of sp³-hybridized carbons (Fsp3) is 0.333. The highest BCUT2D eigenvalue weighted by atomic mass is 32.2. The summed E-state index contributed by atoms with van der Waals surface area (Å²) >= 11 is 0. The first kappa shape index (κ1) is 17.1. The van der Waals surface area contributed by atoms with Gasteiger partial charge < -0.3 is 9.84 Å². The molecule has 7 nitrogen and oxygen atoms in total. The minimum atomic E-state index is -4.28. The van der Waals surface area contributed by atoms with Gasteiger partial charge in [0.15, 0.2) is 0 Å². The third kappa shape index (κ3) is 4.50. The number of sulfonamides is 1. The number of carbonyl (C=O) groups excluding carboxylic acids is 1. The van der Waals surface area contributed by atoms with E-state index in [1.165, 1.54) is 13.0 Å². The Balaban J connectivity index is 3.03. The lowest BCUT2D eigenvalue weighted by atomic mass is 10.2. The lowest BCUT2D eigenvalue weighted by Gasteiger charge is -2.14. The Morgan fingerprint density at radius 2 is 2.05 bits per heavy atom. The molecule has 0 aliphatic carbocycles. The molecule has 21 heavy (non-hydrogen) atoms. The fourth-order valence-corrected chi connectivity index (χ4v) is 2.63. The van der Waals surface area contributed by atoms with Gasteiger partial charge in [0.2, 0.25) is 10.0 Å². The van der Waals surface area contributed by atoms with E-state index < -0.39 is 45.1 Å². The number of ether oxygens (including phenoxy) is 1. The summed E-state index contributed by atoms with van der Waals surface area (Å²) in [5.41, 5.74) is 0.248. The number of carboxylic acids is 1. The zero-order chi connectivity index (χ0) is 16.2. The fourth-order valence-electron chi connectivity index (χ4n) is 1.43. The third-order valence-corrected chi connectivity index (χ3v) is 4.12. The van der Waals surface area contributed by atoms with Crippen LogP contribution in [-0.2, 0) is 24.3 Å². The highest BCUT2D eigenvalue weighted by molar-refractivity contribution is 7.89. The number of carbonyl (C=O) groups is 2. The molecule has 0 saturated carbocycles. The molecule has 0 unspecified atom stereocenters. The largest absolute Gasteiger partial charge is 0.480 e. The van der Waals surface area contributed by atoms with Crippen LogP contribution < -0.4 is 4.72 Å². The molecule has 0 aromatic heterocycles. The van der Waals surface area contributed by atoms with E-state index in [0.29, 0.717) is 0 Å². The summed E-state index contributed by atoms with van der Waals surface area (Å²) in [4.78, 5) is 21.6. The first-order chi connectivity index (χ1) is 9.67. The van der Waals surface area contributed by atoms with Gasteiger partial charge in [-0.2, -0.15) is 4.72 Å². The molecular formula is C12H14FNO6S. The van der Waals surface area contributed by atoms with Crippen LogP contribution in [0.1, 0.15) is 12.0 Å².